The molecular formula is C12H24N2O2. The van der Waals surface area contributed by atoms with Gasteiger partial charge in [0.2, 0.25) is 0 Å². The lowest BCUT2D eigenvalue weighted by Gasteiger charge is -2.36. The van der Waals surface area contributed by atoms with E-state index in [4.69, 9.17) is 4.74 Å². The summed E-state index contributed by atoms with van der Waals surface area (Å²) in [5.41, 5.74) is 0. The fourth-order valence-corrected chi connectivity index (χ4v) is 2.66. The van der Waals surface area contributed by atoms with Crippen molar-refractivity contribution in [2.24, 2.45) is 0 Å². The highest BCUT2D eigenvalue weighted by molar-refractivity contribution is 4.80. The van der Waals surface area contributed by atoms with E-state index in [9.17, 15) is 5.11 Å². The van der Waals surface area contributed by atoms with Crippen LogP contribution in [0.4, 0.5) is 0 Å². The molecule has 0 amide bonds. The van der Waals surface area contributed by atoms with E-state index in [0.717, 1.165) is 52.1 Å². The third-order valence-corrected chi connectivity index (χ3v) is 3.75. The predicted molar refractivity (Wildman–Crippen MR) is 63.5 cm³/mol. The Balaban J connectivity index is 1.72. The lowest BCUT2D eigenvalue weighted by Crippen LogP contribution is -2.48. The first-order valence-electron chi connectivity index (χ1n) is 6.49. The minimum absolute atomic E-state index is 0.0698. The molecule has 2 N–H and O–H groups in total. The fraction of sp³-hybridized carbons (Fsp3) is 1.00. The molecule has 2 unspecified atom stereocenters. The summed E-state index contributed by atoms with van der Waals surface area (Å²) >= 11 is 0. The number of aliphatic hydroxyl groups is 1. The summed E-state index contributed by atoms with van der Waals surface area (Å²) < 4.78 is 5.47. The van der Waals surface area contributed by atoms with E-state index in [2.05, 4.69) is 17.1 Å². The van der Waals surface area contributed by atoms with E-state index in [1.807, 2.05) is 0 Å². The Morgan fingerprint density at radius 1 is 1.44 bits per heavy atom. The Morgan fingerprint density at radius 2 is 2.19 bits per heavy atom. The Bertz CT molecular complexity index is 199. The van der Waals surface area contributed by atoms with Gasteiger partial charge in [-0.3, -0.25) is 0 Å². The van der Waals surface area contributed by atoms with Crippen molar-refractivity contribution in [2.75, 3.05) is 32.8 Å². The smallest absolute Gasteiger partial charge is 0.0620 e. The summed E-state index contributed by atoms with van der Waals surface area (Å²) in [6.45, 7) is 7.04. The Labute approximate surface area is 98.0 Å². The van der Waals surface area contributed by atoms with E-state index in [1.54, 1.807) is 0 Å². The number of morpholine rings is 1. The molecule has 2 rings (SSSR count). The van der Waals surface area contributed by atoms with Gasteiger partial charge in [-0.1, -0.05) is 0 Å². The van der Waals surface area contributed by atoms with Crippen LogP contribution < -0.4 is 5.32 Å². The van der Waals surface area contributed by atoms with Gasteiger partial charge in [-0.2, -0.15) is 0 Å². The first kappa shape index (κ1) is 12.3. The van der Waals surface area contributed by atoms with E-state index < -0.39 is 0 Å². The lowest BCUT2D eigenvalue weighted by atomic mass is 10.0. The molecule has 16 heavy (non-hydrogen) atoms. The third-order valence-electron chi connectivity index (χ3n) is 3.75. The van der Waals surface area contributed by atoms with E-state index >= 15 is 0 Å². The summed E-state index contributed by atoms with van der Waals surface area (Å²) in [4.78, 5) is 2.49. The first-order valence-corrected chi connectivity index (χ1v) is 6.49. The minimum Gasteiger partial charge on any atom is -0.393 e. The second-order valence-electron chi connectivity index (χ2n) is 5.08. The molecule has 0 saturated carbocycles. The van der Waals surface area contributed by atoms with Crippen LogP contribution in [0.25, 0.3) is 0 Å². The average Bonchev–Trinajstić information content (AvgIpc) is 2.31. The van der Waals surface area contributed by atoms with Crippen molar-refractivity contribution in [1.82, 2.24) is 10.2 Å². The number of hydrogen-bond acceptors (Lipinski definition) is 4. The van der Waals surface area contributed by atoms with Crippen molar-refractivity contribution in [3.05, 3.63) is 0 Å². The predicted octanol–water partition coefficient (Wildman–Crippen LogP) is 0.210. The SMILES string of the molecule is CC(CC1COCCN1)N1CCC(O)CC1. The molecule has 4 heteroatoms. The molecule has 2 aliphatic heterocycles. The zero-order valence-electron chi connectivity index (χ0n) is 10.2. The maximum Gasteiger partial charge on any atom is 0.0620 e. The number of hydrogen-bond donors (Lipinski definition) is 2. The quantitative estimate of drug-likeness (QED) is 0.725. The van der Waals surface area contributed by atoms with Crippen molar-refractivity contribution >= 4 is 0 Å². The van der Waals surface area contributed by atoms with Crippen molar-refractivity contribution in [3.8, 4) is 0 Å². The molecule has 2 atom stereocenters. The molecule has 0 spiro atoms. The van der Waals surface area contributed by atoms with Crippen molar-refractivity contribution < 1.29 is 9.84 Å². The van der Waals surface area contributed by atoms with Crippen LogP contribution in [-0.2, 0) is 4.74 Å². The second kappa shape index (κ2) is 5.96. The standard InChI is InChI=1S/C12H24N2O2/c1-10(8-11-9-16-7-4-13-11)14-5-2-12(15)3-6-14/h10-13,15H,2-9H2,1H3. The molecule has 0 radical (unpaired) electrons. The molecule has 94 valence electrons. The topological polar surface area (TPSA) is 44.7 Å². The maximum atomic E-state index is 9.47. The number of aliphatic hydroxyl groups excluding tert-OH is 1. The van der Waals surface area contributed by atoms with Crippen LogP contribution in [-0.4, -0.2) is 61.0 Å². The Kier molecular flexibility index (Phi) is 4.58. The average molecular weight is 228 g/mol. The number of ether oxygens (including phenoxy) is 1. The zero-order chi connectivity index (χ0) is 11.4. The van der Waals surface area contributed by atoms with E-state index in [-0.39, 0.29) is 6.10 Å². The molecule has 0 aromatic carbocycles. The fourth-order valence-electron chi connectivity index (χ4n) is 2.66. The normalized spacial score (nSPS) is 31.5. The molecule has 0 bridgehead atoms. The molecule has 0 aliphatic carbocycles. The zero-order valence-corrected chi connectivity index (χ0v) is 10.2. The molecule has 4 nitrogen and oxygen atoms in total. The summed E-state index contributed by atoms with van der Waals surface area (Å²) in [5, 5.41) is 13.0. The molecule has 0 aromatic rings. The highest BCUT2D eigenvalue weighted by Crippen LogP contribution is 2.16. The maximum absolute atomic E-state index is 9.47. The number of piperidine rings is 1. The molecule has 2 saturated heterocycles. The van der Waals surface area contributed by atoms with E-state index in [0.29, 0.717) is 12.1 Å². The van der Waals surface area contributed by atoms with Crippen molar-refractivity contribution in [2.45, 2.75) is 44.4 Å². The molecular weight excluding hydrogens is 204 g/mol. The highest BCUT2D eigenvalue weighted by atomic mass is 16.5. The van der Waals surface area contributed by atoms with Crippen LogP contribution in [0.5, 0.6) is 0 Å². The van der Waals surface area contributed by atoms with E-state index in [1.165, 1.54) is 0 Å². The summed E-state index contributed by atoms with van der Waals surface area (Å²) in [7, 11) is 0. The Hall–Kier alpha value is -0.160. The van der Waals surface area contributed by atoms with Gasteiger partial charge >= 0.3 is 0 Å². The van der Waals surface area contributed by atoms with Gasteiger partial charge in [-0.05, 0) is 26.2 Å². The highest BCUT2D eigenvalue weighted by Gasteiger charge is 2.24. The number of nitrogens with one attached hydrogen (secondary N) is 1. The van der Waals surface area contributed by atoms with Gasteiger partial charge in [0, 0.05) is 31.7 Å². The van der Waals surface area contributed by atoms with Crippen LogP contribution in [0.2, 0.25) is 0 Å². The van der Waals surface area contributed by atoms with Crippen LogP contribution in [0.3, 0.4) is 0 Å². The van der Waals surface area contributed by atoms with Crippen LogP contribution >= 0.6 is 0 Å². The van der Waals surface area contributed by atoms with Gasteiger partial charge in [0.15, 0.2) is 0 Å². The first-order chi connectivity index (χ1) is 7.75. The van der Waals surface area contributed by atoms with Crippen molar-refractivity contribution in [3.63, 3.8) is 0 Å². The summed E-state index contributed by atoms with van der Waals surface area (Å²) in [5.74, 6) is 0. The van der Waals surface area contributed by atoms with Crippen LogP contribution in [0.15, 0.2) is 0 Å². The lowest BCUT2D eigenvalue weighted by molar-refractivity contribution is 0.0402. The monoisotopic (exact) mass is 228 g/mol. The van der Waals surface area contributed by atoms with Crippen molar-refractivity contribution in [1.29, 1.82) is 0 Å². The van der Waals surface area contributed by atoms with Gasteiger partial charge in [0.05, 0.1) is 19.3 Å². The largest absolute Gasteiger partial charge is 0.393 e. The minimum atomic E-state index is -0.0698. The molecule has 2 fully saturated rings. The molecule has 2 aliphatic rings. The second-order valence-corrected chi connectivity index (χ2v) is 5.08. The van der Waals surface area contributed by atoms with Gasteiger partial charge in [0.1, 0.15) is 0 Å². The van der Waals surface area contributed by atoms with Crippen LogP contribution in [0.1, 0.15) is 26.2 Å². The van der Waals surface area contributed by atoms with Gasteiger partial charge < -0.3 is 20.1 Å². The number of nitrogens with zero attached hydrogens (tertiary/aromatic N) is 1. The number of likely N-dealkylation sites (tertiary alicyclic amines) is 1. The van der Waals surface area contributed by atoms with Gasteiger partial charge in [-0.15, -0.1) is 0 Å². The van der Waals surface area contributed by atoms with Gasteiger partial charge in [0.25, 0.3) is 0 Å². The van der Waals surface area contributed by atoms with Crippen LogP contribution in [0, 0.1) is 0 Å². The molecule has 2 heterocycles. The molecule has 0 aromatic heterocycles. The third kappa shape index (κ3) is 3.42. The van der Waals surface area contributed by atoms with Gasteiger partial charge in [-0.25, -0.2) is 0 Å². The Morgan fingerprint density at radius 3 is 2.81 bits per heavy atom. The summed E-state index contributed by atoms with van der Waals surface area (Å²) in [6, 6.07) is 1.10. The summed E-state index contributed by atoms with van der Waals surface area (Å²) in [6.07, 6.45) is 2.94. The number of rotatable bonds is 3.